The van der Waals surface area contributed by atoms with Gasteiger partial charge in [-0.25, -0.2) is 4.79 Å². The Hall–Kier alpha value is -3.94. The molecule has 0 aliphatic carbocycles. The summed E-state index contributed by atoms with van der Waals surface area (Å²) in [4.78, 5) is 39.4. The molecule has 0 radical (unpaired) electrons. The number of amides is 4. The molecule has 1 aromatic heterocycles. The number of nitrogens with zero attached hydrogens (tertiary/aromatic N) is 2. The summed E-state index contributed by atoms with van der Waals surface area (Å²) in [6.45, 7) is 5.01. The average Bonchev–Trinajstić information content (AvgIpc) is 3.49. The average molecular weight is 473 g/mol. The van der Waals surface area contributed by atoms with Crippen LogP contribution in [0.3, 0.4) is 0 Å². The van der Waals surface area contributed by atoms with E-state index in [1.807, 2.05) is 55.1 Å². The van der Waals surface area contributed by atoms with Gasteiger partial charge in [0.05, 0.1) is 0 Å². The lowest BCUT2D eigenvalue weighted by atomic mass is 9.79. The van der Waals surface area contributed by atoms with Crippen LogP contribution in [0.4, 0.5) is 4.79 Å². The number of piperidine rings is 1. The summed E-state index contributed by atoms with van der Waals surface area (Å²) in [5, 5.41) is 9.32. The third-order valence-corrected chi connectivity index (χ3v) is 7.13. The van der Waals surface area contributed by atoms with Crippen molar-refractivity contribution in [1.82, 2.24) is 20.7 Å². The second-order valence-electron chi connectivity index (χ2n) is 9.50. The van der Waals surface area contributed by atoms with Crippen LogP contribution in [0, 0.1) is 5.92 Å². The molecule has 0 bridgehead atoms. The van der Waals surface area contributed by atoms with E-state index < -0.39 is 11.6 Å². The number of aromatic nitrogens is 1. The molecule has 180 valence electrons. The van der Waals surface area contributed by atoms with E-state index in [0.717, 1.165) is 29.9 Å². The fraction of sp³-hybridized carbons (Fsp3) is 0.333. The molecule has 1 unspecified atom stereocenters. The molecule has 2 saturated heterocycles. The van der Waals surface area contributed by atoms with Crippen molar-refractivity contribution in [2.75, 3.05) is 13.1 Å². The van der Waals surface area contributed by atoms with Crippen LogP contribution in [0.2, 0.25) is 0 Å². The number of carbonyl (C=O) groups excluding carboxylic acids is 3. The molecule has 0 saturated carbocycles. The summed E-state index contributed by atoms with van der Waals surface area (Å²) >= 11 is 0. The fourth-order valence-corrected chi connectivity index (χ4v) is 5.06. The number of nitrogens with one attached hydrogen (secondary N) is 2. The number of carbonyl (C=O) groups is 3. The maximum atomic E-state index is 13.1. The van der Waals surface area contributed by atoms with Crippen LogP contribution in [0.15, 0.2) is 65.2 Å². The molecular formula is C27H28N4O4. The normalized spacial score (nSPS) is 20.7. The van der Waals surface area contributed by atoms with Crippen LogP contribution >= 0.6 is 0 Å². The Morgan fingerprint density at radius 2 is 1.74 bits per heavy atom. The second kappa shape index (κ2) is 9.02. The largest absolute Gasteiger partial charge is 0.360 e. The van der Waals surface area contributed by atoms with Gasteiger partial charge in [0.1, 0.15) is 17.0 Å². The van der Waals surface area contributed by atoms with Crippen LogP contribution in [0.5, 0.6) is 0 Å². The molecule has 0 spiro atoms. The van der Waals surface area contributed by atoms with Gasteiger partial charge in [0, 0.05) is 36.2 Å². The Morgan fingerprint density at radius 1 is 1.06 bits per heavy atom. The number of hydrogen-bond acceptors (Lipinski definition) is 5. The maximum absolute atomic E-state index is 13.1. The SMILES string of the molecule is CC(C)C1(c2ccc(C(=O)N3CCC(c4cc(-c5ccccc5)no4)CC3)cc2)NC(=O)NC1=O. The predicted octanol–water partition coefficient (Wildman–Crippen LogP) is 4.05. The summed E-state index contributed by atoms with van der Waals surface area (Å²) in [6, 6.07) is 18.4. The van der Waals surface area contributed by atoms with Crippen molar-refractivity contribution < 1.29 is 18.9 Å². The molecule has 1 atom stereocenters. The summed E-state index contributed by atoms with van der Waals surface area (Å²) in [6.07, 6.45) is 1.60. The zero-order valence-corrected chi connectivity index (χ0v) is 19.8. The van der Waals surface area contributed by atoms with E-state index in [1.54, 1.807) is 24.3 Å². The highest BCUT2D eigenvalue weighted by atomic mass is 16.5. The quantitative estimate of drug-likeness (QED) is 0.545. The number of benzene rings is 2. The molecular weight excluding hydrogens is 444 g/mol. The molecule has 5 rings (SSSR count). The Bertz CT molecular complexity index is 1240. The van der Waals surface area contributed by atoms with Gasteiger partial charge in [-0.1, -0.05) is 61.5 Å². The van der Waals surface area contributed by atoms with E-state index in [1.165, 1.54) is 0 Å². The Balaban J connectivity index is 1.24. The highest BCUT2D eigenvalue weighted by Crippen LogP contribution is 2.34. The van der Waals surface area contributed by atoms with Gasteiger partial charge in [-0.2, -0.15) is 0 Å². The third-order valence-electron chi connectivity index (χ3n) is 7.13. The molecule has 4 amide bonds. The Kier molecular flexibility index (Phi) is 5.88. The second-order valence-corrected chi connectivity index (χ2v) is 9.50. The predicted molar refractivity (Wildman–Crippen MR) is 129 cm³/mol. The van der Waals surface area contributed by atoms with Gasteiger partial charge in [-0.05, 0) is 36.5 Å². The van der Waals surface area contributed by atoms with Crippen molar-refractivity contribution in [1.29, 1.82) is 0 Å². The van der Waals surface area contributed by atoms with Gasteiger partial charge >= 0.3 is 6.03 Å². The first-order valence-electron chi connectivity index (χ1n) is 11.9. The number of urea groups is 1. The lowest BCUT2D eigenvalue weighted by Crippen LogP contribution is -2.48. The molecule has 2 aliphatic heterocycles. The molecule has 3 aromatic rings. The molecule has 35 heavy (non-hydrogen) atoms. The highest BCUT2D eigenvalue weighted by Gasteiger charge is 2.50. The number of imide groups is 1. The number of likely N-dealkylation sites (tertiary alicyclic amines) is 1. The van der Waals surface area contributed by atoms with E-state index in [2.05, 4.69) is 15.8 Å². The highest BCUT2D eigenvalue weighted by molar-refractivity contribution is 6.07. The Morgan fingerprint density at radius 3 is 2.34 bits per heavy atom. The van der Waals surface area contributed by atoms with Gasteiger partial charge in [0.2, 0.25) is 0 Å². The minimum atomic E-state index is -1.13. The standard InChI is InChI=1S/C27H28N4O4/c1-17(2)27(25(33)28-26(34)29-27)21-10-8-20(9-11-21)24(32)31-14-12-19(13-15-31)23-16-22(30-35-23)18-6-4-3-5-7-18/h3-11,16-17,19H,12-15H2,1-2H3,(H2,28,29,33,34). The fourth-order valence-electron chi connectivity index (χ4n) is 5.06. The molecule has 2 fully saturated rings. The lowest BCUT2D eigenvalue weighted by molar-refractivity contribution is -0.125. The number of hydrogen-bond donors (Lipinski definition) is 2. The zero-order valence-electron chi connectivity index (χ0n) is 19.8. The first-order valence-corrected chi connectivity index (χ1v) is 11.9. The van der Waals surface area contributed by atoms with Crippen molar-refractivity contribution in [2.45, 2.75) is 38.1 Å². The zero-order chi connectivity index (χ0) is 24.6. The van der Waals surface area contributed by atoms with Crippen LogP contribution in [-0.4, -0.2) is 41.0 Å². The van der Waals surface area contributed by atoms with Crippen LogP contribution in [0.1, 0.15) is 54.3 Å². The first kappa shape index (κ1) is 22.8. The maximum Gasteiger partial charge on any atom is 0.322 e. The molecule has 2 aliphatic rings. The smallest absolute Gasteiger partial charge is 0.322 e. The summed E-state index contributed by atoms with van der Waals surface area (Å²) < 4.78 is 5.63. The molecule has 8 heteroatoms. The first-order chi connectivity index (χ1) is 16.9. The van der Waals surface area contributed by atoms with E-state index in [-0.39, 0.29) is 23.7 Å². The van der Waals surface area contributed by atoms with E-state index in [0.29, 0.717) is 24.2 Å². The Labute approximate surface area is 203 Å². The van der Waals surface area contributed by atoms with Crippen LogP contribution in [-0.2, 0) is 10.3 Å². The van der Waals surface area contributed by atoms with Gasteiger partial charge in [-0.3, -0.25) is 14.9 Å². The topological polar surface area (TPSA) is 105 Å². The van der Waals surface area contributed by atoms with Gasteiger partial charge in [0.15, 0.2) is 0 Å². The third kappa shape index (κ3) is 4.09. The monoisotopic (exact) mass is 472 g/mol. The van der Waals surface area contributed by atoms with Crippen molar-refractivity contribution in [3.63, 3.8) is 0 Å². The summed E-state index contributed by atoms with van der Waals surface area (Å²) in [5.74, 6) is 0.503. The van der Waals surface area contributed by atoms with Gasteiger partial charge < -0.3 is 14.7 Å². The van der Waals surface area contributed by atoms with Crippen molar-refractivity contribution in [2.24, 2.45) is 5.92 Å². The summed E-state index contributed by atoms with van der Waals surface area (Å²) in [5.41, 5.74) is 1.93. The van der Waals surface area contributed by atoms with Crippen molar-refractivity contribution in [3.05, 3.63) is 77.6 Å². The van der Waals surface area contributed by atoms with Crippen molar-refractivity contribution >= 4 is 17.8 Å². The summed E-state index contributed by atoms with van der Waals surface area (Å²) in [7, 11) is 0. The van der Waals surface area contributed by atoms with Crippen LogP contribution in [0.25, 0.3) is 11.3 Å². The molecule has 3 heterocycles. The van der Waals surface area contributed by atoms with E-state index >= 15 is 0 Å². The molecule has 2 aromatic carbocycles. The molecule has 8 nitrogen and oxygen atoms in total. The molecule has 2 N–H and O–H groups in total. The van der Waals surface area contributed by atoms with E-state index in [4.69, 9.17) is 4.52 Å². The number of rotatable bonds is 5. The minimum Gasteiger partial charge on any atom is -0.360 e. The van der Waals surface area contributed by atoms with Crippen molar-refractivity contribution in [3.8, 4) is 11.3 Å². The minimum absolute atomic E-state index is 0.0453. The van der Waals surface area contributed by atoms with Crippen LogP contribution < -0.4 is 10.6 Å². The van der Waals surface area contributed by atoms with Gasteiger partial charge in [-0.15, -0.1) is 0 Å². The van der Waals surface area contributed by atoms with Gasteiger partial charge in [0.25, 0.3) is 11.8 Å². The van der Waals surface area contributed by atoms with E-state index in [9.17, 15) is 14.4 Å². The lowest BCUT2D eigenvalue weighted by Gasteiger charge is -2.32.